The van der Waals surface area contributed by atoms with Gasteiger partial charge in [0.1, 0.15) is 11.5 Å². The van der Waals surface area contributed by atoms with Gasteiger partial charge in [-0.05, 0) is 43.5 Å². The number of benzene rings is 1. The third kappa shape index (κ3) is 4.32. The highest BCUT2D eigenvalue weighted by Gasteiger charge is 2.14. The van der Waals surface area contributed by atoms with E-state index in [-0.39, 0.29) is 5.91 Å². The minimum atomic E-state index is -0.253. The summed E-state index contributed by atoms with van der Waals surface area (Å²) in [6, 6.07) is 6.19. The molecule has 1 heterocycles. The first-order valence-electron chi connectivity index (χ1n) is 8.28. The molecule has 6 heteroatoms. The molecule has 0 atom stereocenters. The summed E-state index contributed by atoms with van der Waals surface area (Å²) in [7, 11) is 0. The van der Waals surface area contributed by atoms with Crippen LogP contribution in [-0.2, 0) is 0 Å². The van der Waals surface area contributed by atoms with E-state index < -0.39 is 0 Å². The molecule has 0 spiro atoms. The number of carbonyl (C=O) groups is 1. The molecule has 2 N–H and O–H groups in total. The van der Waals surface area contributed by atoms with Gasteiger partial charge >= 0.3 is 0 Å². The van der Waals surface area contributed by atoms with Crippen LogP contribution in [0.25, 0.3) is 0 Å². The predicted molar refractivity (Wildman–Crippen MR) is 99.4 cm³/mol. The van der Waals surface area contributed by atoms with Crippen LogP contribution in [0.1, 0.15) is 48.2 Å². The number of anilines is 2. The van der Waals surface area contributed by atoms with E-state index in [0.29, 0.717) is 11.7 Å². The number of halogens is 1. The Hall–Kier alpha value is -1.95. The van der Waals surface area contributed by atoms with Crippen LogP contribution in [0, 0.1) is 6.92 Å². The fraction of sp³-hybridized carbons (Fsp3) is 0.389. The summed E-state index contributed by atoms with van der Waals surface area (Å²) < 4.78 is 0.982. The second-order valence-electron chi connectivity index (χ2n) is 6.18. The van der Waals surface area contributed by atoms with Crippen LogP contribution in [0.2, 0.25) is 0 Å². The lowest BCUT2D eigenvalue weighted by atomic mass is 9.96. The first-order valence-corrected chi connectivity index (χ1v) is 9.07. The van der Waals surface area contributed by atoms with Crippen LogP contribution in [0.5, 0.6) is 0 Å². The molecular formula is C18H21BrN4O. The summed E-state index contributed by atoms with van der Waals surface area (Å²) in [4.78, 5) is 20.9. The van der Waals surface area contributed by atoms with Gasteiger partial charge in [-0.2, -0.15) is 0 Å². The number of amides is 1. The fourth-order valence-corrected chi connectivity index (χ4v) is 3.41. The Labute approximate surface area is 150 Å². The second-order valence-corrected chi connectivity index (χ2v) is 7.10. The van der Waals surface area contributed by atoms with Crippen LogP contribution in [0.15, 0.2) is 35.1 Å². The van der Waals surface area contributed by atoms with Gasteiger partial charge in [0.25, 0.3) is 5.91 Å². The van der Waals surface area contributed by atoms with Crippen molar-refractivity contribution in [2.24, 2.45) is 0 Å². The van der Waals surface area contributed by atoms with Crippen LogP contribution in [0.3, 0.4) is 0 Å². The van der Waals surface area contributed by atoms with Gasteiger partial charge < -0.3 is 10.6 Å². The van der Waals surface area contributed by atoms with Crippen molar-refractivity contribution in [2.75, 3.05) is 10.6 Å². The number of hydrogen-bond acceptors (Lipinski definition) is 4. The van der Waals surface area contributed by atoms with E-state index in [9.17, 15) is 4.79 Å². The van der Waals surface area contributed by atoms with Crippen LogP contribution < -0.4 is 10.6 Å². The minimum Gasteiger partial charge on any atom is -0.366 e. The van der Waals surface area contributed by atoms with Crippen molar-refractivity contribution in [1.82, 2.24) is 9.97 Å². The molecule has 0 bridgehead atoms. The summed E-state index contributed by atoms with van der Waals surface area (Å²) >= 11 is 3.41. The molecule has 0 radical (unpaired) electrons. The van der Waals surface area contributed by atoms with Crippen molar-refractivity contribution < 1.29 is 4.79 Å². The van der Waals surface area contributed by atoms with Crippen molar-refractivity contribution in [2.45, 2.75) is 45.1 Å². The molecule has 1 saturated carbocycles. The topological polar surface area (TPSA) is 66.9 Å². The van der Waals surface area contributed by atoms with E-state index >= 15 is 0 Å². The van der Waals surface area contributed by atoms with Crippen molar-refractivity contribution in [3.63, 3.8) is 0 Å². The van der Waals surface area contributed by atoms with Crippen LogP contribution in [-0.4, -0.2) is 21.9 Å². The minimum absolute atomic E-state index is 0.253. The quantitative estimate of drug-likeness (QED) is 0.806. The largest absolute Gasteiger partial charge is 0.366 e. The van der Waals surface area contributed by atoms with Gasteiger partial charge in [-0.3, -0.25) is 4.79 Å². The summed E-state index contributed by atoms with van der Waals surface area (Å²) in [5.41, 5.74) is 2.07. The smallest absolute Gasteiger partial charge is 0.275 e. The van der Waals surface area contributed by atoms with Gasteiger partial charge in [-0.15, -0.1) is 0 Å². The molecule has 24 heavy (non-hydrogen) atoms. The first kappa shape index (κ1) is 16.9. The lowest BCUT2D eigenvalue weighted by Crippen LogP contribution is -2.23. The second kappa shape index (κ2) is 7.75. The Bertz CT molecular complexity index is 711. The zero-order valence-corrected chi connectivity index (χ0v) is 15.3. The average Bonchev–Trinajstić information content (AvgIpc) is 2.59. The van der Waals surface area contributed by atoms with Crippen molar-refractivity contribution in [3.05, 3.63) is 46.3 Å². The lowest BCUT2D eigenvalue weighted by molar-refractivity contribution is 0.102. The lowest BCUT2D eigenvalue weighted by Gasteiger charge is -2.23. The number of aryl methyl sites for hydroxylation is 1. The summed E-state index contributed by atoms with van der Waals surface area (Å²) in [6.45, 7) is 1.95. The number of nitrogens with zero attached hydrogens (tertiary/aromatic N) is 2. The normalized spacial score (nSPS) is 15.1. The number of rotatable bonds is 4. The SMILES string of the molecule is Cc1cc(Br)ccc1NC(=O)c1cnc(NC2CCCCC2)cn1. The monoisotopic (exact) mass is 388 g/mol. The first-order chi connectivity index (χ1) is 11.6. The van der Waals surface area contributed by atoms with Gasteiger partial charge in [-0.1, -0.05) is 35.2 Å². The van der Waals surface area contributed by atoms with Crippen molar-refractivity contribution >= 4 is 33.3 Å². The zero-order valence-electron chi connectivity index (χ0n) is 13.7. The molecule has 126 valence electrons. The molecule has 1 aliphatic carbocycles. The molecule has 0 unspecified atom stereocenters. The molecule has 5 nitrogen and oxygen atoms in total. The molecule has 3 rings (SSSR count). The number of aromatic nitrogens is 2. The Morgan fingerprint density at radius 1 is 1.17 bits per heavy atom. The number of carbonyl (C=O) groups excluding carboxylic acids is 1. The zero-order chi connectivity index (χ0) is 16.9. The molecule has 2 aromatic rings. The van der Waals surface area contributed by atoms with Gasteiger partial charge in [-0.25, -0.2) is 9.97 Å². The average molecular weight is 389 g/mol. The molecule has 1 aromatic carbocycles. The van der Waals surface area contributed by atoms with Gasteiger partial charge in [0.2, 0.25) is 0 Å². The molecule has 1 aliphatic rings. The summed E-state index contributed by atoms with van der Waals surface area (Å²) in [5, 5.41) is 6.27. The maximum Gasteiger partial charge on any atom is 0.275 e. The van der Waals surface area contributed by atoms with E-state index in [0.717, 1.165) is 21.5 Å². The van der Waals surface area contributed by atoms with E-state index in [1.54, 1.807) is 6.20 Å². The van der Waals surface area contributed by atoms with E-state index in [1.807, 2.05) is 25.1 Å². The maximum atomic E-state index is 12.3. The molecule has 0 aliphatic heterocycles. The highest BCUT2D eigenvalue weighted by atomic mass is 79.9. The maximum absolute atomic E-state index is 12.3. The van der Waals surface area contributed by atoms with Crippen LogP contribution in [0.4, 0.5) is 11.5 Å². The molecular weight excluding hydrogens is 368 g/mol. The van der Waals surface area contributed by atoms with Crippen molar-refractivity contribution in [3.8, 4) is 0 Å². The summed E-state index contributed by atoms with van der Waals surface area (Å²) in [5.74, 6) is 0.482. The van der Waals surface area contributed by atoms with E-state index in [1.165, 1.54) is 38.3 Å². The predicted octanol–water partition coefficient (Wildman–Crippen LogP) is 4.54. The Balaban J connectivity index is 1.62. The van der Waals surface area contributed by atoms with Gasteiger partial charge in [0.05, 0.1) is 12.4 Å². The van der Waals surface area contributed by atoms with Crippen molar-refractivity contribution in [1.29, 1.82) is 0 Å². The number of nitrogens with one attached hydrogen (secondary N) is 2. The third-order valence-corrected chi connectivity index (χ3v) is 4.77. The standard InChI is InChI=1S/C18H21BrN4O/c1-12-9-13(19)7-8-15(12)23-18(24)16-10-21-17(11-20-16)22-14-5-3-2-4-6-14/h7-11,14H,2-6H2,1H3,(H,21,22)(H,23,24). The molecule has 1 fully saturated rings. The third-order valence-electron chi connectivity index (χ3n) is 4.28. The fourth-order valence-electron chi connectivity index (χ4n) is 2.93. The van der Waals surface area contributed by atoms with E-state index in [4.69, 9.17) is 0 Å². The van der Waals surface area contributed by atoms with E-state index in [2.05, 4.69) is 36.5 Å². The number of hydrogen-bond donors (Lipinski definition) is 2. The Morgan fingerprint density at radius 2 is 1.96 bits per heavy atom. The molecule has 1 amide bonds. The highest BCUT2D eigenvalue weighted by Crippen LogP contribution is 2.21. The molecule has 1 aromatic heterocycles. The Morgan fingerprint density at radius 3 is 2.62 bits per heavy atom. The summed E-state index contributed by atoms with van der Waals surface area (Å²) in [6.07, 6.45) is 9.35. The van der Waals surface area contributed by atoms with Gasteiger partial charge in [0.15, 0.2) is 0 Å². The Kier molecular flexibility index (Phi) is 5.45. The molecule has 0 saturated heterocycles. The highest BCUT2D eigenvalue weighted by molar-refractivity contribution is 9.10. The van der Waals surface area contributed by atoms with Crippen LogP contribution >= 0.6 is 15.9 Å². The van der Waals surface area contributed by atoms with Gasteiger partial charge in [0, 0.05) is 16.2 Å².